The first-order valence-electron chi connectivity index (χ1n) is 9.16. The molecule has 25 heavy (non-hydrogen) atoms. The number of benzene rings is 1. The van der Waals surface area contributed by atoms with Crippen molar-refractivity contribution in [1.82, 2.24) is 5.32 Å². The molecule has 1 rings (SSSR count). The SMILES string of the molecule is CCCCC(NC(=O)OCc1ccccc1)C(=O)OCCCC(C)C. The van der Waals surface area contributed by atoms with Crippen LogP contribution in [0, 0.1) is 5.92 Å². The summed E-state index contributed by atoms with van der Waals surface area (Å²) in [5.74, 6) is 0.203. The fourth-order valence-corrected chi connectivity index (χ4v) is 2.33. The van der Waals surface area contributed by atoms with Crippen molar-refractivity contribution >= 4 is 12.1 Å². The minimum Gasteiger partial charge on any atom is -0.464 e. The van der Waals surface area contributed by atoms with E-state index in [2.05, 4.69) is 19.2 Å². The summed E-state index contributed by atoms with van der Waals surface area (Å²) in [6, 6.07) is 8.78. The van der Waals surface area contributed by atoms with Crippen LogP contribution in [0.1, 0.15) is 58.4 Å². The van der Waals surface area contributed by atoms with Crippen LogP contribution >= 0.6 is 0 Å². The van der Waals surface area contributed by atoms with Crippen molar-refractivity contribution in [2.45, 2.75) is 65.5 Å². The van der Waals surface area contributed by atoms with E-state index < -0.39 is 12.1 Å². The zero-order chi connectivity index (χ0) is 18.5. The van der Waals surface area contributed by atoms with E-state index in [1.165, 1.54) is 0 Å². The van der Waals surface area contributed by atoms with Gasteiger partial charge in [-0.2, -0.15) is 0 Å². The summed E-state index contributed by atoms with van der Waals surface area (Å²) in [7, 11) is 0. The van der Waals surface area contributed by atoms with Gasteiger partial charge >= 0.3 is 12.1 Å². The first-order chi connectivity index (χ1) is 12.0. The van der Waals surface area contributed by atoms with Gasteiger partial charge in [-0.15, -0.1) is 0 Å². The first-order valence-corrected chi connectivity index (χ1v) is 9.16. The highest BCUT2D eigenvalue weighted by molar-refractivity contribution is 5.81. The molecule has 0 saturated carbocycles. The van der Waals surface area contributed by atoms with Gasteiger partial charge in [0.05, 0.1) is 6.61 Å². The highest BCUT2D eigenvalue weighted by Gasteiger charge is 2.22. The Hall–Kier alpha value is -2.04. The van der Waals surface area contributed by atoms with Crippen LogP contribution < -0.4 is 5.32 Å². The predicted molar refractivity (Wildman–Crippen MR) is 98.1 cm³/mol. The van der Waals surface area contributed by atoms with Crippen molar-refractivity contribution in [2.24, 2.45) is 5.92 Å². The molecule has 0 saturated heterocycles. The molecule has 1 amide bonds. The third-order valence-corrected chi connectivity index (χ3v) is 3.81. The maximum Gasteiger partial charge on any atom is 0.408 e. The zero-order valence-corrected chi connectivity index (χ0v) is 15.6. The highest BCUT2D eigenvalue weighted by atomic mass is 16.6. The molecule has 5 heteroatoms. The molecule has 1 N–H and O–H groups in total. The summed E-state index contributed by atoms with van der Waals surface area (Å²) in [5, 5.41) is 2.64. The molecule has 0 aliphatic rings. The fraction of sp³-hybridized carbons (Fsp3) is 0.600. The molecule has 1 aromatic rings. The Bertz CT molecular complexity index is 502. The van der Waals surface area contributed by atoms with Crippen LogP contribution in [0.25, 0.3) is 0 Å². The fourth-order valence-electron chi connectivity index (χ4n) is 2.33. The molecular formula is C20H31NO4. The van der Waals surface area contributed by atoms with Crippen LogP contribution in [-0.4, -0.2) is 24.7 Å². The standard InChI is InChI=1S/C20H31NO4/c1-4-5-13-18(19(22)24-14-9-10-16(2)3)21-20(23)25-15-17-11-7-6-8-12-17/h6-8,11-12,16,18H,4-5,9-10,13-15H2,1-3H3,(H,21,23). The number of hydrogen-bond acceptors (Lipinski definition) is 4. The Kier molecular flexibility index (Phi) is 10.4. The first kappa shape index (κ1) is 21.0. The molecule has 0 aliphatic heterocycles. The smallest absolute Gasteiger partial charge is 0.408 e. The molecule has 1 aromatic carbocycles. The number of unbranched alkanes of at least 4 members (excludes halogenated alkanes) is 1. The van der Waals surface area contributed by atoms with Crippen molar-refractivity contribution in [3.8, 4) is 0 Å². The van der Waals surface area contributed by atoms with E-state index in [4.69, 9.17) is 9.47 Å². The number of ether oxygens (including phenoxy) is 2. The van der Waals surface area contributed by atoms with Gasteiger partial charge in [-0.25, -0.2) is 9.59 Å². The van der Waals surface area contributed by atoms with Crippen molar-refractivity contribution in [3.05, 3.63) is 35.9 Å². The number of carbonyl (C=O) groups is 2. The second-order valence-electron chi connectivity index (χ2n) is 6.60. The number of carbonyl (C=O) groups excluding carboxylic acids is 2. The van der Waals surface area contributed by atoms with Gasteiger partial charge in [0.2, 0.25) is 0 Å². The van der Waals surface area contributed by atoms with Gasteiger partial charge in [-0.1, -0.05) is 63.9 Å². The predicted octanol–water partition coefficient (Wildman–Crippen LogP) is 4.45. The van der Waals surface area contributed by atoms with Crippen LogP contribution in [0.3, 0.4) is 0 Å². The van der Waals surface area contributed by atoms with E-state index in [-0.39, 0.29) is 12.6 Å². The average molecular weight is 349 g/mol. The van der Waals surface area contributed by atoms with Gasteiger partial charge in [0.25, 0.3) is 0 Å². The van der Waals surface area contributed by atoms with E-state index in [9.17, 15) is 9.59 Å². The number of rotatable bonds is 11. The Morgan fingerprint density at radius 2 is 1.76 bits per heavy atom. The molecule has 0 heterocycles. The second-order valence-corrected chi connectivity index (χ2v) is 6.60. The Balaban J connectivity index is 2.41. The monoisotopic (exact) mass is 349 g/mol. The number of amides is 1. The van der Waals surface area contributed by atoms with Crippen molar-refractivity contribution in [1.29, 1.82) is 0 Å². The highest BCUT2D eigenvalue weighted by Crippen LogP contribution is 2.07. The third kappa shape index (κ3) is 9.75. The van der Waals surface area contributed by atoms with Crippen LogP contribution in [0.2, 0.25) is 0 Å². The summed E-state index contributed by atoms with van der Waals surface area (Å²) in [5.41, 5.74) is 0.902. The average Bonchev–Trinajstić information content (AvgIpc) is 2.61. The Morgan fingerprint density at radius 3 is 2.40 bits per heavy atom. The lowest BCUT2D eigenvalue weighted by Crippen LogP contribution is -2.42. The molecule has 140 valence electrons. The van der Waals surface area contributed by atoms with E-state index in [0.717, 1.165) is 31.2 Å². The lowest BCUT2D eigenvalue weighted by Gasteiger charge is -2.17. The summed E-state index contributed by atoms with van der Waals surface area (Å²) in [4.78, 5) is 24.2. The number of hydrogen-bond donors (Lipinski definition) is 1. The van der Waals surface area contributed by atoms with Crippen molar-refractivity contribution < 1.29 is 19.1 Å². The summed E-state index contributed by atoms with van der Waals surface area (Å²) < 4.78 is 10.5. The second kappa shape index (κ2) is 12.3. The van der Waals surface area contributed by atoms with Gasteiger partial charge in [-0.05, 0) is 30.7 Å². The van der Waals surface area contributed by atoms with E-state index in [0.29, 0.717) is 18.9 Å². The minimum absolute atomic E-state index is 0.177. The Morgan fingerprint density at radius 1 is 1.04 bits per heavy atom. The molecule has 0 fully saturated rings. The topological polar surface area (TPSA) is 64.6 Å². The minimum atomic E-state index is -0.651. The van der Waals surface area contributed by atoms with Gasteiger partial charge < -0.3 is 14.8 Å². The maximum atomic E-state index is 12.2. The van der Waals surface area contributed by atoms with Gasteiger partial charge in [0.15, 0.2) is 0 Å². The molecule has 0 aromatic heterocycles. The summed E-state index contributed by atoms with van der Waals surface area (Å²) in [6.45, 7) is 6.88. The van der Waals surface area contributed by atoms with Crippen LogP contribution in [0.15, 0.2) is 30.3 Å². The van der Waals surface area contributed by atoms with Gasteiger partial charge in [0, 0.05) is 0 Å². The van der Waals surface area contributed by atoms with E-state index in [1.54, 1.807) is 0 Å². The quantitative estimate of drug-likeness (QED) is 0.473. The third-order valence-electron chi connectivity index (χ3n) is 3.81. The molecule has 1 atom stereocenters. The number of nitrogens with one attached hydrogen (secondary N) is 1. The van der Waals surface area contributed by atoms with Crippen LogP contribution in [-0.2, 0) is 20.9 Å². The largest absolute Gasteiger partial charge is 0.464 e. The molecular weight excluding hydrogens is 318 g/mol. The number of esters is 1. The lowest BCUT2D eigenvalue weighted by molar-refractivity contribution is -0.146. The zero-order valence-electron chi connectivity index (χ0n) is 15.6. The molecule has 0 aliphatic carbocycles. The summed E-state index contributed by atoms with van der Waals surface area (Å²) in [6.07, 6.45) is 3.59. The van der Waals surface area contributed by atoms with E-state index in [1.807, 2.05) is 37.3 Å². The van der Waals surface area contributed by atoms with Gasteiger partial charge in [0.1, 0.15) is 12.6 Å². The van der Waals surface area contributed by atoms with Crippen LogP contribution in [0.5, 0.6) is 0 Å². The molecule has 0 radical (unpaired) electrons. The molecule has 0 bridgehead atoms. The maximum absolute atomic E-state index is 12.2. The Labute approximate surface area is 151 Å². The summed E-state index contributed by atoms with van der Waals surface area (Å²) >= 11 is 0. The van der Waals surface area contributed by atoms with Crippen molar-refractivity contribution in [2.75, 3.05) is 6.61 Å². The van der Waals surface area contributed by atoms with E-state index >= 15 is 0 Å². The lowest BCUT2D eigenvalue weighted by atomic mass is 10.1. The molecule has 1 unspecified atom stereocenters. The molecule has 0 spiro atoms. The normalized spacial score (nSPS) is 11.8. The van der Waals surface area contributed by atoms with Gasteiger partial charge in [-0.3, -0.25) is 0 Å². The number of alkyl carbamates (subject to hydrolysis) is 1. The molecule has 5 nitrogen and oxygen atoms in total. The van der Waals surface area contributed by atoms with Crippen LogP contribution in [0.4, 0.5) is 4.79 Å². The van der Waals surface area contributed by atoms with Crippen molar-refractivity contribution in [3.63, 3.8) is 0 Å².